The standard InChI is InChI=1S/C15H15NO4/c1-9-3-4-11(5-10(9)2)6-12-7-13(17)16(15(12)20)8-14(18)19/h3-6H,7-8H2,1-2H3,(H,18,19)/b12-6+. The third-order valence-corrected chi connectivity index (χ3v) is 3.33. The maximum atomic E-state index is 12.0. The van der Waals surface area contributed by atoms with Crippen molar-refractivity contribution in [2.24, 2.45) is 0 Å². The number of carboxylic acid groups (broad SMARTS) is 1. The molecule has 0 unspecified atom stereocenters. The maximum absolute atomic E-state index is 12.0. The van der Waals surface area contributed by atoms with E-state index in [4.69, 9.17) is 5.11 Å². The summed E-state index contributed by atoms with van der Waals surface area (Å²) in [4.78, 5) is 35.0. The number of amides is 2. The molecule has 20 heavy (non-hydrogen) atoms. The van der Waals surface area contributed by atoms with Gasteiger partial charge in [-0.2, -0.15) is 0 Å². The Balaban J connectivity index is 2.27. The van der Waals surface area contributed by atoms with Gasteiger partial charge in [0.05, 0.1) is 6.42 Å². The lowest BCUT2D eigenvalue weighted by Crippen LogP contribution is -2.34. The van der Waals surface area contributed by atoms with Crippen LogP contribution in [-0.2, 0) is 14.4 Å². The third-order valence-electron chi connectivity index (χ3n) is 3.33. The van der Waals surface area contributed by atoms with Crippen LogP contribution < -0.4 is 0 Å². The van der Waals surface area contributed by atoms with Gasteiger partial charge in [-0.3, -0.25) is 19.3 Å². The van der Waals surface area contributed by atoms with Gasteiger partial charge in [-0.15, -0.1) is 0 Å². The van der Waals surface area contributed by atoms with E-state index in [0.717, 1.165) is 21.6 Å². The molecule has 2 amide bonds. The van der Waals surface area contributed by atoms with Gasteiger partial charge in [0.1, 0.15) is 6.54 Å². The Morgan fingerprint density at radius 1 is 1.30 bits per heavy atom. The second-order valence-corrected chi connectivity index (χ2v) is 4.87. The normalized spacial score (nSPS) is 17.1. The van der Waals surface area contributed by atoms with E-state index in [0.29, 0.717) is 5.57 Å². The molecule has 0 spiro atoms. The monoisotopic (exact) mass is 273 g/mol. The van der Waals surface area contributed by atoms with Crippen LogP contribution in [0.3, 0.4) is 0 Å². The summed E-state index contributed by atoms with van der Waals surface area (Å²) in [5, 5.41) is 8.69. The summed E-state index contributed by atoms with van der Waals surface area (Å²) in [6.45, 7) is 3.38. The Morgan fingerprint density at radius 2 is 2.00 bits per heavy atom. The average molecular weight is 273 g/mol. The highest BCUT2D eigenvalue weighted by molar-refractivity contribution is 6.16. The number of likely N-dealkylation sites (tertiary alicyclic amines) is 1. The number of aryl methyl sites for hydroxylation is 2. The Morgan fingerprint density at radius 3 is 2.60 bits per heavy atom. The minimum absolute atomic E-state index is 0.0426. The average Bonchev–Trinajstić information content (AvgIpc) is 2.61. The van der Waals surface area contributed by atoms with Crippen LogP contribution in [0.1, 0.15) is 23.1 Å². The summed E-state index contributed by atoms with van der Waals surface area (Å²) >= 11 is 0. The Hall–Kier alpha value is -2.43. The number of imide groups is 1. The summed E-state index contributed by atoms with van der Waals surface area (Å²) in [5.41, 5.74) is 3.41. The van der Waals surface area contributed by atoms with Gasteiger partial charge in [-0.25, -0.2) is 0 Å². The molecule has 1 heterocycles. The van der Waals surface area contributed by atoms with Crippen molar-refractivity contribution in [3.8, 4) is 0 Å². The van der Waals surface area contributed by atoms with E-state index in [1.54, 1.807) is 6.08 Å². The summed E-state index contributed by atoms with van der Waals surface area (Å²) < 4.78 is 0. The minimum Gasteiger partial charge on any atom is -0.480 e. The molecule has 1 aromatic carbocycles. The molecular weight excluding hydrogens is 258 g/mol. The number of aliphatic carboxylic acids is 1. The van der Waals surface area contributed by atoms with Crippen LogP contribution >= 0.6 is 0 Å². The quantitative estimate of drug-likeness (QED) is 0.669. The van der Waals surface area contributed by atoms with Gasteiger partial charge in [0.15, 0.2) is 0 Å². The zero-order valence-corrected chi connectivity index (χ0v) is 11.3. The fourth-order valence-electron chi connectivity index (χ4n) is 2.08. The zero-order chi connectivity index (χ0) is 14.9. The van der Waals surface area contributed by atoms with Gasteiger partial charge < -0.3 is 5.11 Å². The number of hydrogen-bond donors (Lipinski definition) is 1. The molecule has 0 atom stereocenters. The molecule has 104 valence electrons. The smallest absolute Gasteiger partial charge is 0.323 e. The van der Waals surface area contributed by atoms with Crippen LogP contribution in [0, 0.1) is 13.8 Å². The van der Waals surface area contributed by atoms with E-state index in [1.165, 1.54) is 0 Å². The first-order valence-corrected chi connectivity index (χ1v) is 6.23. The number of nitrogens with zero attached hydrogens (tertiary/aromatic N) is 1. The highest BCUT2D eigenvalue weighted by Crippen LogP contribution is 2.22. The van der Waals surface area contributed by atoms with E-state index < -0.39 is 24.3 Å². The molecule has 1 aliphatic rings. The molecular formula is C15H15NO4. The Bertz CT molecular complexity index is 631. The van der Waals surface area contributed by atoms with Crippen molar-refractivity contribution >= 4 is 23.9 Å². The molecule has 0 aromatic heterocycles. The van der Waals surface area contributed by atoms with Gasteiger partial charge in [-0.05, 0) is 36.6 Å². The number of carbonyl (C=O) groups is 3. The van der Waals surface area contributed by atoms with Gasteiger partial charge >= 0.3 is 5.97 Å². The first-order chi connectivity index (χ1) is 9.38. The van der Waals surface area contributed by atoms with E-state index in [-0.39, 0.29) is 6.42 Å². The van der Waals surface area contributed by atoms with Crippen LogP contribution in [-0.4, -0.2) is 34.3 Å². The molecule has 0 aliphatic carbocycles. The number of carboxylic acids is 1. The van der Waals surface area contributed by atoms with E-state index in [2.05, 4.69) is 0 Å². The van der Waals surface area contributed by atoms with E-state index in [1.807, 2.05) is 32.0 Å². The predicted molar refractivity (Wildman–Crippen MR) is 72.9 cm³/mol. The summed E-state index contributed by atoms with van der Waals surface area (Å²) in [6.07, 6.45) is 1.60. The Kier molecular flexibility index (Phi) is 3.70. The van der Waals surface area contributed by atoms with Gasteiger partial charge in [-0.1, -0.05) is 18.2 Å². The number of rotatable bonds is 3. The first-order valence-electron chi connectivity index (χ1n) is 6.23. The van der Waals surface area contributed by atoms with Crippen LogP contribution in [0.15, 0.2) is 23.8 Å². The molecule has 1 saturated heterocycles. The van der Waals surface area contributed by atoms with Crippen LogP contribution in [0.4, 0.5) is 0 Å². The zero-order valence-electron chi connectivity index (χ0n) is 11.3. The van der Waals surface area contributed by atoms with Gasteiger partial charge in [0, 0.05) is 5.57 Å². The predicted octanol–water partition coefficient (Wildman–Crippen LogP) is 1.53. The summed E-state index contributed by atoms with van der Waals surface area (Å²) in [7, 11) is 0. The number of hydrogen-bond acceptors (Lipinski definition) is 3. The largest absolute Gasteiger partial charge is 0.480 e. The number of benzene rings is 1. The lowest BCUT2D eigenvalue weighted by molar-refractivity contribution is -0.148. The van der Waals surface area contributed by atoms with Crippen molar-refractivity contribution in [2.45, 2.75) is 20.3 Å². The molecule has 1 aromatic rings. The second kappa shape index (κ2) is 5.28. The second-order valence-electron chi connectivity index (χ2n) is 4.87. The highest BCUT2D eigenvalue weighted by atomic mass is 16.4. The molecule has 5 nitrogen and oxygen atoms in total. The van der Waals surface area contributed by atoms with E-state index >= 15 is 0 Å². The van der Waals surface area contributed by atoms with Crippen LogP contribution in [0.25, 0.3) is 6.08 Å². The van der Waals surface area contributed by atoms with Crippen molar-refractivity contribution < 1.29 is 19.5 Å². The van der Waals surface area contributed by atoms with Crippen molar-refractivity contribution in [3.05, 3.63) is 40.5 Å². The molecule has 0 radical (unpaired) electrons. The molecule has 1 fully saturated rings. The fourth-order valence-corrected chi connectivity index (χ4v) is 2.08. The molecule has 1 aliphatic heterocycles. The maximum Gasteiger partial charge on any atom is 0.323 e. The summed E-state index contributed by atoms with van der Waals surface area (Å²) in [6, 6.07) is 5.74. The fraction of sp³-hybridized carbons (Fsp3) is 0.267. The third kappa shape index (κ3) is 2.77. The van der Waals surface area contributed by atoms with Crippen molar-refractivity contribution in [1.29, 1.82) is 0 Å². The topological polar surface area (TPSA) is 74.7 Å². The highest BCUT2D eigenvalue weighted by Gasteiger charge is 2.34. The minimum atomic E-state index is -1.20. The Labute approximate surface area is 116 Å². The van der Waals surface area contributed by atoms with Crippen LogP contribution in [0.2, 0.25) is 0 Å². The first kappa shape index (κ1) is 14.0. The van der Waals surface area contributed by atoms with Crippen LogP contribution in [0.5, 0.6) is 0 Å². The molecule has 0 bridgehead atoms. The molecule has 5 heteroatoms. The van der Waals surface area contributed by atoms with Crippen molar-refractivity contribution in [1.82, 2.24) is 4.90 Å². The SMILES string of the molecule is Cc1ccc(/C=C2\CC(=O)N(CC(=O)O)C2=O)cc1C. The van der Waals surface area contributed by atoms with E-state index in [9.17, 15) is 14.4 Å². The van der Waals surface area contributed by atoms with Gasteiger partial charge in [0.25, 0.3) is 5.91 Å². The van der Waals surface area contributed by atoms with Crippen molar-refractivity contribution in [3.63, 3.8) is 0 Å². The lowest BCUT2D eigenvalue weighted by atomic mass is 10.0. The van der Waals surface area contributed by atoms with Crippen molar-refractivity contribution in [2.75, 3.05) is 6.54 Å². The molecule has 0 saturated carbocycles. The lowest BCUT2D eigenvalue weighted by Gasteiger charge is -2.09. The molecule has 1 N–H and O–H groups in total. The molecule has 2 rings (SSSR count). The summed E-state index contributed by atoms with van der Waals surface area (Å²) in [5.74, 6) is -2.18. The van der Waals surface area contributed by atoms with Gasteiger partial charge in [0.2, 0.25) is 5.91 Å². The number of carbonyl (C=O) groups excluding carboxylic acids is 2.